The van der Waals surface area contributed by atoms with Crippen LogP contribution in [0.1, 0.15) is 38.2 Å². The highest BCUT2D eigenvalue weighted by molar-refractivity contribution is 5.92. The van der Waals surface area contributed by atoms with Gasteiger partial charge in [0, 0.05) is 25.2 Å². The predicted octanol–water partition coefficient (Wildman–Crippen LogP) is 3.81. The number of aromatic hydroxyl groups is 1. The topological polar surface area (TPSA) is 62.2 Å². The summed E-state index contributed by atoms with van der Waals surface area (Å²) in [5.41, 5.74) is 0.740. The molecule has 1 amide bonds. The Morgan fingerprint density at radius 1 is 1.10 bits per heavy atom. The second-order valence-corrected chi connectivity index (χ2v) is 7.86. The van der Waals surface area contributed by atoms with Crippen molar-refractivity contribution < 1.29 is 19.4 Å². The predicted molar refractivity (Wildman–Crippen MR) is 119 cm³/mol. The number of carbonyl (C=O) groups excluding carboxylic acids is 1. The van der Waals surface area contributed by atoms with Crippen LogP contribution in [0.3, 0.4) is 0 Å². The first-order valence-corrected chi connectivity index (χ1v) is 9.94. The lowest BCUT2D eigenvalue weighted by Gasteiger charge is -2.36. The summed E-state index contributed by atoms with van der Waals surface area (Å²) in [6, 6.07) is 3.68. The van der Waals surface area contributed by atoms with Crippen molar-refractivity contribution in [1.29, 1.82) is 0 Å². The molecule has 1 aromatic rings. The van der Waals surface area contributed by atoms with Crippen molar-refractivity contribution in [2.75, 3.05) is 41.4 Å². The van der Waals surface area contributed by atoms with E-state index in [0.717, 1.165) is 37.4 Å². The summed E-state index contributed by atoms with van der Waals surface area (Å²) in [5.74, 6) is 1.36. The lowest BCUT2D eigenvalue weighted by Crippen LogP contribution is -2.44. The number of methoxy groups -OCH3 is 2. The number of ether oxygens (including phenoxy) is 2. The van der Waals surface area contributed by atoms with Crippen LogP contribution in [0, 0.1) is 5.92 Å². The van der Waals surface area contributed by atoms with Gasteiger partial charge in [0.15, 0.2) is 11.5 Å². The third-order valence-corrected chi connectivity index (χ3v) is 5.42. The molecule has 0 heterocycles. The summed E-state index contributed by atoms with van der Waals surface area (Å²) < 4.78 is 10.4. The first-order valence-electron chi connectivity index (χ1n) is 9.94. The number of nitrogens with zero attached hydrogens (tertiary/aromatic N) is 2. The van der Waals surface area contributed by atoms with E-state index in [2.05, 4.69) is 11.8 Å². The number of rotatable bonds is 8. The monoisotopic (exact) mass is 426 g/mol. The average Bonchev–Trinajstić information content (AvgIpc) is 2.68. The smallest absolute Gasteiger partial charge is 0.246 e. The molecule has 0 unspecified atom stereocenters. The molecule has 6 nitrogen and oxygen atoms in total. The number of halogens is 1. The van der Waals surface area contributed by atoms with Crippen LogP contribution >= 0.6 is 12.4 Å². The molecule has 1 N–H and O–H groups in total. The Morgan fingerprint density at radius 3 is 2.14 bits per heavy atom. The first-order chi connectivity index (χ1) is 13.3. The second-order valence-electron chi connectivity index (χ2n) is 7.86. The van der Waals surface area contributed by atoms with Crippen molar-refractivity contribution in [2.24, 2.45) is 5.92 Å². The molecule has 164 valence electrons. The Balaban J connectivity index is 0.00000420. The lowest BCUT2D eigenvalue weighted by molar-refractivity contribution is -0.129. The highest BCUT2D eigenvalue weighted by Gasteiger charge is 2.26. The zero-order valence-corrected chi connectivity index (χ0v) is 19.0. The number of benzene rings is 1. The molecule has 29 heavy (non-hydrogen) atoms. The van der Waals surface area contributed by atoms with Crippen LogP contribution in [0.5, 0.6) is 17.2 Å². The van der Waals surface area contributed by atoms with Gasteiger partial charge < -0.3 is 24.4 Å². The van der Waals surface area contributed by atoms with Gasteiger partial charge >= 0.3 is 0 Å². The molecule has 0 aliphatic heterocycles. The molecular formula is C22H35ClN2O4. The standard InChI is InChI=1S/C22H34N2O4.ClH/c1-16-6-9-18(10-7-16)24(13-12-23(2)3)21(25)11-8-17-14-19(27-4)22(26)20(15-17)28-5;/h8,11,14-16,18,26H,6-7,9-10,12-13H2,1-5H3;1H/b11-8+;/t16-,18-;. The number of hydrogen-bond acceptors (Lipinski definition) is 5. The highest BCUT2D eigenvalue weighted by atomic mass is 35.5. The molecular weight excluding hydrogens is 392 g/mol. The number of phenols is 1. The Labute approximate surface area is 180 Å². The van der Waals surface area contributed by atoms with Crippen molar-refractivity contribution in [2.45, 2.75) is 38.6 Å². The summed E-state index contributed by atoms with van der Waals surface area (Å²) >= 11 is 0. The van der Waals surface area contributed by atoms with E-state index in [1.165, 1.54) is 27.1 Å². The molecule has 0 aromatic heterocycles. The van der Waals surface area contributed by atoms with Gasteiger partial charge in [0.2, 0.25) is 11.7 Å². The maximum atomic E-state index is 13.0. The lowest BCUT2D eigenvalue weighted by atomic mass is 9.86. The molecule has 0 spiro atoms. The largest absolute Gasteiger partial charge is 0.502 e. The van der Waals surface area contributed by atoms with Gasteiger partial charge in [-0.3, -0.25) is 4.79 Å². The molecule has 7 heteroatoms. The molecule has 0 atom stereocenters. The molecule has 2 rings (SSSR count). The van der Waals surface area contributed by atoms with E-state index < -0.39 is 0 Å². The molecule has 1 aliphatic rings. The van der Waals surface area contributed by atoms with Crippen LogP contribution in [0.4, 0.5) is 0 Å². The van der Waals surface area contributed by atoms with E-state index in [-0.39, 0.29) is 24.1 Å². The SMILES string of the molecule is COc1cc(/C=C/C(=O)N(CCN(C)C)[C@H]2CC[C@H](C)CC2)cc(OC)c1O.Cl. The van der Waals surface area contributed by atoms with Gasteiger partial charge in [0.25, 0.3) is 0 Å². The van der Waals surface area contributed by atoms with Crippen LogP contribution in [0.2, 0.25) is 0 Å². The van der Waals surface area contributed by atoms with Crippen LogP contribution in [0.15, 0.2) is 18.2 Å². The number of carbonyl (C=O) groups is 1. The van der Waals surface area contributed by atoms with E-state index in [0.29, 0.717) is 17.5 Å². The van der Waals surface area contributed by atoms with Crippen LogP contribution in [-0.4, -0.2) is 68.3 Å². The number of likely N-dealkylation sites (N-methyl/N-ethyl adjacent to an activating group) is 1. The summed E-state index contributed by atoms with van der Waals surface area (Å²) in [5, 5.41) is 10.0. The minimum Gasteiger partial charge on any atom is -0.502 e. The minimum atomic E-state index is -0.0441. The molecule has 1 saturated carbocycles. The molecule has 1 aromatic carbocycles. The highest BCUT2D eigenvalue weighted by Crippen LogP contribution is 2.37. The van der Waals surface area contributed by atoms with Gasteiger partial charge in [-0.05, 0) is 69.5 Å². The first kappa shape index (κ1) is 25.1. The van der Waals surface area contributed by atoms with E-state index in [1.807, 2.05) is 19.0 Å². The zero-order valence-electron chi connectivity index (χ0n) is 18.2. The average molecular weight is 427 g/mol. The van der Waals surface area contributed by atoms with Crippen LogP contribution in [0.25, 0.3) is 6.08 Å². The summed E-state index contributed by atoms with van der Waals surface area (Å²) in [6.07, 6.45) is 7.84. The maximum Gasteiger partial charge on any atom is 0.246 e. The van der Waals surface area contributed by atoms with Gasteiger partial charge in [-0.25, -0.2) is 0 Å². The van der Waals surface area contributed by atoms with E-state index in [1.54, 1.807) is 24.3 Å². The third kappa shape index (κ3) is 7.12. The van der Waals surface area contributed by atoms with Gasteiger partial charge in [-0.15, -0.1) is 12.4 Å². The number of amides is 1. The Kier molecular flexibility index (Phi) is 10.3. The third-order valence-electron chi connectivity index (χ3n) is 5.42. The summed E-state index contributed by atoms with van der Waals surface area (Å²) in [6.45, 7) is 3.84. The maximum absolute atomic E-state index is 13.0. The fourth-order valence-corrected chi connectivity index (χ4v) is 3.61. The molecule has 1 fully saturated rings. The number of hydrogen-bond donors (Lipinski definition) is 1. The molecule has 0 bridgehead atoms. The normalized spacial score (nSPS) is 19.1. The van der Waals surface area contributed by atoms with Crippen molar-refractivity contribution in [1.82, 2.24) is 9.80 Å². The fraction of sp³-hybridized carbons (Fsp3) is 0.591. The van der Waals surface area contributed by atoms with Gasteiger partial charge in [0.1, 0.15) is 0 Å². The molecule has 0 saturated heterocycles. The minimum absolute atomic E-state index is 0. The summed E-state index contributed by atoms with van der Waals surface area (Å²) in [4.78, 5) is 17.1. The van der Waals surface area contributed by atoms with Crippen molar-refractivity contribution in [3.8, 4) is 17.2 Å². The van der Waals surface area contributed by atoms with Crippen molar-refractivity contribution in [3.05, 3.63) is 23.8 Å². The fourth-order valence-electron chi connectivity index (χ4n) is 3.61. The number of phenolic OH excluding ortho intramolecular Hbond substituents is 1. The quantitative estimate of drug-likeness (QED) is 0.640. The Morgan fingerprint density at radius 2 is 1.66 bits per heavy atom. The Hall–Kier alpha value is -1.92. The van der Waals surface area contributed by atoms with Crippen LogP contribution in [-0.2, 0) is 4.79 Å². The van der Waals surface area contributed by atoms with Gasteiger partial charge in [-0.1, -0.05) is 6.92 Å². The van der Waals surface area contributed by atoms with E-state index >= 15 is 0 Å². The van der Waals surface area contributed by atoms with Gasteiger partial charge in [-0.2, -0.15) is 0 Å². The van der Waals surface area contributed by atoms with Crippen molar-refractivity contribution >= 4 is 24.4 Å². The van der Waals surface area contributed by atoms with E-state index in [9.17, 15) is 9.90 Å². The zero-order chi connectivity index (χ0) is 20.7. The summed E-state index contributed by atoms with van der Waals surface area (Å²) in [7, 11) is 7.02. The molecule has 0 radical (unpaired) electrons. The molecule has 1 aliphatic carbocycles. The Bertz CT molecular complexity index is 660. The van der Waals surface area contributed by atoms with E-state index in [4.69, 9.17) is 9.47 Å². The van der Waals surface area contributed by atoms with Crippen LogP contribution < -0.4 is 9.47 Å². The van der Waals surface area contributed by atoms with Gasteiger partial charge in [0.05, 0.1) is 14.2 Å². The van der Waals surface area contributed by atoms with Crippen molar-refractivity contribution in [3.63, 3.8) is 0 Å². The second kappa shape index (κ2) is 11.9.